The molecule has 0 unspecified atom stereocenters. The van der Waals surface area contributed by atoms with Gasteiger partial charge in [-0.25, -0.2) is 0 Å². The molecule has 0 aliphatic heterocycles. The van der Waals surface area contributed by atoms with E-state index in [-0.39, 0.29) is 5.91 Å². The zero-order chi connectivity index (χ0) is 18.2. The van der Waals surface area contributed by atoms with Gasteiger partial charge in [0.1, 0.15) is 17.4 Å². The Labute approximate surface area is 151 Å². The number of rotatable bonds is 9. The molecule has 2 aromatic rings. The smallest absolute Gasteiger partial charge is 0.251 e. The van der Waals surface area contributed by atoms with Crippen LogP contribution in [-0.4, -0.2) is 43.5 Å². The number of benzene rings is 1. The third-order valence-electron chi connectivity index (χ3n) is 3.73. The molecule has 0 bridgehead atoms. The first-order valence-electron chi connectivity index (χ1n) is 8.01. The number of ether oxygens (including phenoxy) is 1. The van der Waals surface area contributed by atoms with Gasteiger partial charge in [0.2, 0.25) is 5.91 Å². The van der Waals surface area contributed by atoms with Gasteiger partial charge in [0.25, 0.3) is 5.91 Å². The highest BCUT2D eigenvalue weighted by Gasteiger charge is 2.12. The molecular weight excluding hydrogens is 338 g/mol. The van der Waals surface area contributed by atoms with E-state index >= 15 is 0 Å². The summed E-state index contributed by atoms with van der Waals surface area (Å²) in [6.45, 7) is 3.88. The van der Waals surface area contributed by atoms with Crippen LogP contribution < -0.4 is 15.8 Å². The van der Waals surface area contributed by atoms with Crippen LogP contribution in [0.5, 0.6) is 5.75 Å². The van der Waals surface area contributed by atoms with Crippen LogP contribution in [0.4, 0.5) is 5.00 Å². The van der Waals surface area contributed by atoms with Crippen molar-refractivity contribution in [2.45, 2.75) is 13.3 Å². The number of nitrogens with two attached hydrogens (primary N) is 1. The highest BCUT2D eigenvalue weighted by atomic mass is 32.1. The van der Waals surface area contributed by atoms with E-state index in [1.807, 2.05) is 43.1 Å². The lowest BCUT2D eigenvalue weighted by Gasteiger charge is -2.17. The van der Waals surface area contributed by atoms with Crippen LogP contribution in [0.25, 0.3) is 0 Å². The van der Waals surface area contributed by atoms with Crippen molar-refractivity contribution in [3.8, 4) is 5.75 Å². The number of anilines is 1. The lowest BCUT2D eigenvalue weighted by Crippen LogP contribution is -2.28. The number of primary amides is 1. The van der Waals surface area contributed by atoms with E-state index < -0.39 is 5.91 Å². The number of hydrogen-bond acceptors (Lipinski definition) is 5. The van der Waals surface area contributed by atoms with Crippen molar-refractivity contribution in [3.05, 3.63) is 46.8 Å². The number of nitrogens with one attached hydrogen (secondary N) is 1. The molecule has 1 heterocycles. The average Bonchev–Trinajstić information content (AvgIpc) is 3.03. The molecule has 134 valence electrons. The van der Waals surface area contributed by atoms with Gasteiger partial charge < -0.3 is 20.7 Å². The molecule has 0 atom stereocenters. The predicted octanol–water partition coefficient (Wildman–Crippen LogP) is 2.49. The van der Waals surface area contributed by atoms with Gasteiger partial charge in [0.05, 0.1) is 5.56 Å². The van der Waals surface area contributed by atoms with Gasteiger partial charge in [-0.2, -0.15) is 0 Å². The van der Waals surface area contributed by atoms with Gasteiger partial charge in [0, 0.05) is 19.5 Å². The lowest BCUT2D eigenvalue weighted by atomic mass is 10.2. The molecule has 1 aromatic carbocycles. The molecule has 3 N–H and O–H groups in total. The first-order chi connectivity index (χ1) is 12.0. The van der Waals surface area contributed by atoms with E-state index in [4.69, 9.17) is 10.5 Å². The number of hydrogen-bond donors (Lipinski definition) is 2. The number of carbonyl (C=O) groups excluding carboxylic acids is 2. The van der Waals surface area contributed by atoms with E-state index in [2.05, 4.69) is 5.32 Å². The molecule has 25 heavy (non-hydrogen) atoms. The Bertz CT molecular complexity index is 730. The monoisotopic (exact) mass is 361 g/mol. The highest BCUT2D eigenvalue weighted by Crippen LogP contribution is 2.22. The van der Waals surface area contributed by atoms with E-state index in [1.165, 1.54) is 11.3 Å². The summed E-state index contributed by atoms with van der Waals surface area (Å²) in [5.74, 6) is 0.198. The second-order valence-electron chi connectivity index (χ2n) is 5.74. The van der Waals surface area contributed by atoms with Crippen LogP contribution in [0.2, 0.25) is 0 Å². The van der Waals surface area contributed by atoms with Gasteiger partial charge in [0.15, 0.2) is 0 Å². The zero-order valence-corrected chi connectivity index (χ0v) is 15.3. The second-order valence-corrected chi connectivity index (χ2v) is 6.66. The average molecular weight is 361 g/mol. The van der Waals surface area contributed by atoms with E-state index in [0.717, 1.165) is 11.3 Å². The van der Waals surface area contributed by atoms with Gasteiger partial charge >= 0.3 is 0 Å². The van der Waals surface area contributed by atoms with Crippen molar-refractivity contribution in [3.63, 3.8) is 0 Å². The minimum atomic E-state index is -0.540. The molecular formula is C18H23N3O3S. The molecule has 0 saturated carbocycles. The molecule has 0 radical (unpaired) electrons. The van der Waals surface area contributed by atoms with Gasteiger partial charge in [-0.15, -0.1) is 11.3 Å². The summed E-state index contributed by atoms with van der Waals surface area (Å²) >= 11 is 1.29. The number of para-hydroxylation sites is 1. The first-order valence-corrected chi connectivity index (χ1v) is 8.89. The van der Waals surface area contributed by atoms with Crippen LogP contribution in [0.1, 0.15) is 22.3 Å². The number of nitrogens with zero attached hydrogens (tertiary/aromatic N) is 1. The first kappa shape index (κ1) is 19.0. The van der Waals surface area contributed by atoms with Crippen molar-refractivity contribution in [1.82, 2.24) is 4.90 Å². The topological polar surface area (TPSA) is 84.7 Å². The Morgan fingerprint density at radius 3 is 2.72 bits per heavy atom. The summed E-state index contributed by atoms with van der Waals surface area (Å²) in [7, 11) is 1.94. The van der Waals surface area contributed by atoms with Gasteiger partial charge in [-0.3, -0.25) is 9.59 Å². The van der Waals surface area contributed by atoms with E-state index in [9.17, 15) is 9.59 Å². The fourth-order valence-electron chi connectivity index (χ4n) is 2.22. The van der Waals surface area contributed by atoms with Gasteiger partial charge in [-0.1, -0.05) is 18.2 Å². The fourth-order valence-corrected chi connectivity index (χ4v) is 3.03. The molecule has 2 rings (SSSR count). The summed E-state index contributed by atoms with van der Waals surface area (Å²) in [4.78, 5) is 25.3. The summed E-state index contributed by atoms with van der Waals surface area (Å²) in [5, 5.41) is 4.97. The Hall–Kier alpha value is -2.38. The standard InChI is InChI=1S/C18H23N3O3S/c1-13-5-3-4-6-15(13)24-11-10-21(2)9-7-16(22)20-18-14(17(19)23)8-12-25-18/h3-6,8,12H,7,9-11H2,1-2H3,(H2,19,23)(H,20,22). The molecule has 6 nitrogen and oxygen atoms in total. The van der Waals surface area contributed by atoms with Crippen molar-refractivity contribution < 1.29 is 14.3 Å². The Morgan fingerprint density at radius 2 is 2.00 bits per heavy atom. The number of amides is 2. The minimum Gasteiger partial charge on any atom is -0.492 e. The molecule has 2 amide bonds. The Morgan fingerprint density at radius 1 is 1.24 bits per heavy atom. The molecule has 1 aromatic heterocycles. The fraction of sp³-hybridized carbons (Fsp3) is 0.333. The van der Waals surface area contributed by atoms with Crippen molar-refractivity contribution in [2.75, 3.05) is 32.1 Å². The number of carbonyl (C=O) groups is 2. The van der Waals surface area contributed by atoms with E-state index in [1.54, 1.807) is 11.4 Å². The van der Waals surface area contributed by atoms with Crippen LogP contribution in [0.15, 0.2) is 35.7 Å². The summed E-state index contributed by atoms with van der Waals surface area (Å²) in [6, 6.07) is 9.48. The van der Waals surface area contributed by atoms with Crippen molar-refractivity contribution >= 4 is 28.2 Å². The summed E-state index contributed by atoms with van der Waals surface area (Å²) in [5.41, 5.74) is 6.71. The molecule has 7 heteroatoms. The third kappa shape index (κ3) is 5.88. The quantitative estimate of drug-likeness (QED) is 0.719. The predicted molar refractivity (Wildman–Crippen MR) is 100 cm³/mol. The van der Waals surface area contributed by atoms with Crippen LogP contribution in [-0.2, 0) is 4.79 Å². The van der Waals surface area contributed by atoms with Crippen LogP contribution in [0.3, 0.4) is 0 Å². The lowest BCUT2D eigenvalue weighted by molar-refractivity contribution is -0.116. The number of likely N-dealkylation sites (N-methyl/N-ethyl adjacent to an activating group) is 1. The van der Waals surface area contributed by atoms with Crippen molar-refractivity contribution in [1.29, 1.82) is 0 Å². The maximum Gasteiger partial charge on any atom is 0.251 e. The minimum absolute atomic E-state index is 0.142. The van der Waals surface area contributed by atoms with Crippen molar-refractivity contribution in [2.24, 2.45) is 5.73 Å². The van der Waals surface area contributed by atoms with E-state index in [0.29, 0.717) is 36.7 Å². The largest absolute Gasteiger partial charge is 0.492 e. The SMILES string of the molecule is Cc1ccccc1OCCN(C)CCC(=O)Nc1sccc1C(N)=O. The zero-order valence-electron chi connectivity index (χ0n) is 14.5. The third-order valence-corrected chi connectivity index (χ3v) is 4.56. The Balaban J connectivity index is 1.70. The molecule has 0 spiro atoms. The molecule has 0 saturated heterocycles. The number of aryl methyl sites for hydroxylation is 1. The maximum absolute atomic E-state index is 12.0. The summed E-state index contributed by atoms with van der Waals surface area (Å²) < 4.78 is 5.75. The Kier molecular flexibility index (Phi) is 6.97. The summed E-state index contributed by atoms with van der Waals surface area (Å²) in [6.07, 6.45) is 0.330. The second kappa shape index (κ2) is 9.19. The molecule has 0 aliphatic rings. The maximum atomic E-state index is 12.0. The molecule has 0 fully saturated rings. The van der Waals surface area contributed by atoms with Gasteiger partial charge in [-0.05, 0) is 37.0 Å². The molecule has 0 aliphatic carbocycles. The van der Waals surface area contributed by atoms with Crippen LogP contribution >= 0.6 is 11.3 Å². The van der Waals surface area contributed by atoms with Crippen LogP contribution in [0, 0.1) is 6.92 Å². The highest BCUT2D eigenvalue weighted by molar-refractivity contribution is 7.14. The number of thiophene rings is 1. The normalized spacial score (nSPS) is 10.7.